The van der Waals surface area contributed by atoms with Crippen molar-refractivity contribution in [3.63, 3.8) is 0 Å². The van der Waals surface area contributed by atoms with E-state index in [2.05, 4.69) is 17.4 Å². The molecule has 124 valence electrons. The van der Waals surface area contributed by atoms with Crippen LogP contribution in [0.4, 0.5) is 0 Å². The lowest BCUT2D eigenvalue weighted by Gasteiger charge is -2.12. The van der Waals surface area contributed by atoms with Crippen LogP contribution in [0.25, 0.3) is 0 Å². The van der Waals surface area contributed by atoms with Crippen molar-refractivity contribution in [2.24, 2.45) is 10.9 Å². The fourth-order valence-corrected chi connectivity index (χ4v) is 2.35. The van der Waals surface area contributed by atoms with Gasteiger partial charge in [0.2, 0.25) is 5.91 Å². The molecule has 21 heavy (non-hydrogen) atoms. The topological polar surface area (TPSA) is 87.7 Å². The molecule has 0 bridgehead atoms. The lowest BCUT2D eigenvalue weighted by Crippen LogP contribution is -2.35. The number of amidine groups is 1. The van der Waals surface area contributed by atoms with E-state index in [1.807, 2.05) is 6.92 Å². The number of hydrogen-bond donors (Lipinski definition) is 3. The van der Waals surface area contributed by atoms with Crippen LogP contribution in [-0.2, 0) is 4.79 Å². The minimum Gasteiger partial charge on any atom is -0.409 e. The average Bonchev–Trinajstić information content (AvgIpc) is 2.45. The predicted molar refractivity (Wildman–Crippen MR) is 87.5 cm³/mol. The van der Waals surface area contributed by atoms with Crippen molar-refractivity contribution in [3.8, 4) is 0 Å². The normalized spacial score (nSPS) is 13.1. The van der Waals surface area contributed by atoms with Crippen molar-refractivity contribution < 1.29 is 10.0 Å². The highest BCUT2D eigenvalue weighted by atomic mass is 16.4. The first-order valence-corrected chi connectivity index (χ1v) is 8.35. The molecule has 0 aromatic heterocycles. The van der Waals surface area contributed by atoms with Crippen LogP contribution in [0, 0.1) is 0 Å². The summed E-state index contributed by atoms with van der Waals surface area (Å²) in [5.74, 6) is 0.196. The number of carbonyl (C=O) groups is 1. The summed E-state index contributed by atoms with van der Waals surface area (Å²) in [6.45, 7) is 4.09. The number of unbranched alkanes of at least 4 members (excludes halogenated alkanes) is 8. The van der Waals surface area contributed by atoms with Crippen LogP contribution in [-0.4, -0.2) is 23.0 Å². The largest absolute Gasteiger partial charge is 0.409 e. The highest BCUT2D eigenvalue weighted by molar-refractivity contribution is 5.81. The molecule has 0 aliphatic carbocycles. The van der Waals surface area contributed by atoms with Crippen molar-refractivity contribution in [1.29, 1.82) is 0 Å². The summed E-state index contributed by atoms with van der Waals surface area (Å²) in [4.78, 5) is 11.7. The summed E-state index contributed by atoms with van der Waals surface area (Å²) in [6, 6.07) is -0.0908. The Morgan fingerprint density at radius 2 is 1.62 bits per heavy atom. The van der Waals surface area contributed by atoms with Crippen LogP contribution in [0.2, 0.25) is 0 Å². The molecule has 0 aromatic rings. The van der Waals surface area contributed by atoms with Gasteiger partial charge in [0.05, 0.1) is 0 Å². The van der Waals surface area contributed by atoms with Gasteiger partial charge in [0.15, 0.2) is 0 Å². The number of amides is 1. The van der Waals surface area contributed by atoms with E-state index in [4.69, 9.17) is 10.9 Å². The van der Waals surface area contributed by atoms with E-state index < -0.39 is 0 Å². The Bertz CT molecular complexity index is 293. The van der Waals surface area contributed by atoms with E-state index >= 15 is 0 Å². The van der Waals surface area contributed by atoms with Gasteiger partial charge in [0.25, 0.3) is 0 Å². The molecule has 0 rings (SSSR count). The van der Waals surface area contributed by atoms with Crippen molar-refractivity contribution >= 4 is 11.7 Å². The summed E-state index contributed by atoms with van der Waals surface area (Å²) in [7, 11) is 0. The molecule has 0 aliphatic rings. The standard InChI is InChI=1S/C16H33N3O2/c1-3-4-5-6-7-8-9-10-11-12-16(20)18-14(2)13-15(17)19-21/h14,21H,3-13H2,1-2H3,(H2,17,19)(H,18,20). The molecular formula is C16H33N3O2. The first-order chi connectivity index (χ1) is 10.1. The number of rotatable bonds is 13. The molecule has 5 heteroatoms. The van der Waals surface area contributed by atoms with Gasteiger partial charge >= 0.3 is 0 Å². The fraction of sp³-hybridized carbons (Fsp3) is 0.875. The van der Waals surface area contributed by atoms with Crippen molar-refractivity contribution in [2.45, 2.75) is 90.5 Å². The minimum atomic E-state index is -0.0908. The van der Waals surface area contributed by atoms with Gasteiger partial charge in [-0.2, -0.15) is 0 Å². The molecule has 0 fully saturated rings. The molecule has 0 heterocycles. The zero-order chi connectivity index (χ0) is 15.9. The zero-order valence-corrected chi connectivity index (χ0v) is 13.7. The maximum atomic E-state index is 11.7. The molecule has 1 amide bonds. The predicted octanol–water partition coefficient (Wildman–Crippen LogP) is 3.55. The van der Waals surface area contributed by atoms with Gasteiger partial charge in [-0.05, 0) is 13.3 Å². The third kappa shape index (κ3) is 13.5. The lowest BCUT2D eigenvalue weighted by molar-refractivity contribution is -0.121. The highest BCUT2D eigenvalue weighted by Gasteiger charge is 2.08. The summed E-state index contributed by atoms with van der Waals surface area (Å²) in [6.07, 6.45) is 12.2. The SMILES string of the molecule is CCCCCCCCCCCC(=O)NC(C)CC(N)=NO. The molecule has 0 radical (unpaired) electrons. The maximum absolute atomic E-state index is 11.7. The van der Waals surface area contributed by atoms with Gasteiger partial charge in [-0.3, -0.25) is 4.79 Å². The molecular weight excluding hydrogens is 266 g/mol. The van der Waals surface area contributed by atoms with Gasteiger partial charge in [-0.25, -0.2) is 0 Å². The van der Waals surface area contributed by atoms with Crippen LogP contribution in [0.15, 0.2) is 5.16 Å². The lowest BCUT2D eigenvalue weighted by atomic mass is 10.1. The summed E-state index contributed by atoms with van der Waals surface area (Å²) < 4.78 is 0. The summed E-state index contributed by atoms with van der Waals surface area (Å²) >= 11 is 0. The fourth-order valence-electron chi connectivity index (χ4n) is 2.35. The molecule has 1 unspecified atom stereocenters. The molecule has 4 N–H and O–H groups in total. The number of oxime groups is 1. The Balaban J connectivity index is 3.41. The van der Waals surface area contributed by atoms with Gasteiger partial charge in [0.1, 0.15) is 5.84 Å². The van der Waals surface area contributed by atoms with E-state index in [1.165, 1.54) is 44.9 Å². The van der Waals surface area contributed by atoms with Crippen LogP contribution in [0.3, 0.4) is 0 Å². The van der Waals surface area contributed by atoms with Gasteiger partial charge in [0, 0.05) is 18.9 Å². The third-order valence-electron chi connectivity index (χ3n) is 3.56. The van der Waals surface area contributed by atoms with Crippen molar-refractivity contribution in [1.82, 2.24) is 5.32 Å². The van der Waals surface area contributed by atoms with E-state index in [1.54, 1.807) is 0 Å². The molecule has 0 saturated heterocycles. The number of nitrogens with two attached hydrogens (primary N) is 1. The van der Waals surface area contributed by atoms with Crippen LogP contribution < -0.4 is 11.1 Å². The highest BCUT2D eigenvalue weighted by Crippen LogP contribution is 2.10. The van der Waals surface area contributed by atoms with E-state index in [-0.39, 0.29) is 17.8 Å². The maximum Gasteiger partial charge on any atom is 0.220 e. The Morgan fingerprint density at radius 1 is 1.10 bits per heavy atom. The van der Waals surface area contributed by atoms with Crippen LogP contribution >= 0.6 is 0 Å². The van der Waals surface area contributed by atoms with Gasteiger partial charge in [-0.1, -0.05) is 63.4 Å². The van der Waals surface area contributed by atoms with E-state index in [9.17, 15) is 4.79 Å². The Kier molecular flexibility index (Phi) is 12.9. The average molecular weight is 299 g/mol. The molecule has 5 nitrogen and oxygen atoms in total. The number of nitrogens with one attached hydrogen (secondary N) is 1. The molecule has 0 aromatic carbocycles. The Hall–Kier alpha value is -1.26. The second-order valence-corrected chi connectivity index (χ2v) is 5.84. The van der Waals surface area contributed by atoms with Gasteiger partial charge < -0.3 is 16.3 Å². The number of nitrogens with zero attached hydrogens (tertiary/aromatic N) is 1. The Labute approximate surface area is 129 Å². The quantitative estimate of drug-likeness (QED) is 0.160. The van der Waals surface area contributed by atoms with Crippen LogP contribution in [0.1, 0.15) is 84.5 Å². The molecule has 1 atom stereocenters. The van der Waals surface area contributed by atoms with Crippen LogP contribution in [0.5, 0.6) is 0 Å². The third-order valence-corrected chi connectivity index (χ3v) is 3.56. The summed E-state index contributed by atoms with van der Waals surface area (Å²) in [5, 5.41) is 14.2. The van der Waals surface area contributed by atoms with Crippen molar-refractivity contribution in [3.05, 3.63) is 0 Å². The molecule has 0 saturated carbocycles. The summed E-state index contributed by atoms with van der Waals surface area (Å²) in [5.41, 5.74) is 5.40. The minimum absolute atomic E-state index is 0.0520. The Morgan fingerprint density at radius 3 is 2.14 bits per heavy atom. The molecule has 0 spiro atoms. The van der Waals surface area contributed by atoms with Crippen molar-refractivity contribution in [2.75, 3.05) is 0 Å². The second-order valence-electron chi connectivity index (χ2n) is 5.84. The zero-order valence-electron chi connectivity index (χ0n) is 13.7. The second kappa shape index (κ2) is 13.7. The van der Waals surface area contributed by atoms with E-state index in [0.29, 0.717) is 12.8 Å². The van der Waals surface area contributed by atoms with Gasteiger partial charge in [-0.15, -0.1) is 0 Å². The smallest absolute Gasteiger partial charge is 0.220 e. The number of carbonyl (C=O) groups excluding carboxylic acids is 1. The monoisotopic (exact) mass is 299 g/mol. The van der Waals surface area contributed by atoms with E-state index in [0.717, 1.165) is 12.8 Å². The molecule has 0 aliphatic heterocycles. The first-order valence-electron chi connectivity index (χ1n) is 8.35. The first kappa shape index (κ1) is 19.7. The number of hydrogen-bond acceptors (Lipinski definition) is 3.